The number of hydrogen-bond acceptors (Lipinski definition) is 6. The summed E-state index contributed by atoms with van der Waals surface area (Å²) in [6.45, 7) is 6.34. The minimum absolute atomic E-state index is 0.0998. The Morgan fingerprint density at radius 1 is 0.253 bits per heavy atom. The summed E-state index contributed by atoms with van der Waals surface area (Å²) in [5.41, 5.74) is 0. The van der Waals surface area contributed by atoms with Crippen LogP contribution >= 0.6 is 0 Å². The Bertz CT molecular complexity index is 1840. The fourth-order valence-corrected chi connectivity index (χ4v) is 8.96. The van der Waals surface area contributed by atoms with Crippen LogP contribution in [0.15, 0.2) is 158 Å². The van der Waals surface area contributed by atoms with E-state index in [1.165, 1.54) is 96.3 Å². The lowest BCUT2D eigenvalue weighted by atomic mass is 10.0. The van der Waals surface area contributed by atoms with Crippen LogP contribution in [0.2, 0.25) is 0 Å². The molecule has 0 spiro atoms. The number of ether oxygens (including phenoxy) is 3. The first-order valence-electron chi connectivity index (χ1n) is 34.0. The van der Waals surface area contributed by atoms with Crippen molar-refractivity contribution in [2.24, 2.45) is 0 Å². The maximum Gasteiger partial charge on any atom is 0.306 e. The highest BCUT2D eigenvalue weighted by molar-refractivity contribution is 5.71. The van der Waals surface area contributed by atoms with E-state index in [0.29, 0.717) is 12.8 Å². The van der Waals surface area contributed by atoms with Gasteiger partial charge in [-0.3, -0.25) is 14.4 Å². The van der Waals surface area contributed by atoms with E-state index >= 15 is 0 Å². The van der Waals surface area contributed by atoms with Crippen molar-refractivity contribution in [1.29, 1.82) is 0 Å². The third-order valence-corrected chi connectivity index (χ3v) is 14.0. The Hall–Kier alpha value is -4.97. The summed E-state index contributed by atoms with van der Waals surface area (Å²) in [4.78, 5) is 38.3. The van der Waals surface area contributed by atoms with Crippen molar-refractivity contribution in [2.75, 3.05) is 13.2 Å². The van der Waals surface area contributed by atoms with Crippen LogP contribution in [0.25, 0.3) is 0 Å². The maximum absolute atomic E-state index is 12.9. The van der Waals surface area contributed by atoms with E-state index in [0.717, 1.165) is 154 Å². The van der Waals surface area contributed by atoms with Crippen LogP contribution in [0, 0.1) is 0 Å². The molecule has 0 rings (SSSR count). The van der Waals surface area contributed by atoms with E-state index in [4.69, 9.17) is 14.2 Å². The molecule has 468 valence electrons. The first-order valence-corrected chi connectivity index (χ1v) is 34.0. The number of esters is 3. The first-order chi connectivity index (χ1) is 41.0. The molecule has 83 heavy (non-hydrogen) atoms. The maximum atomic E-state index is 12.9. The number of carbonyl (C=O) groups excluding carboxylic acids is 3. The van der Waals surface area contributed by atoms with Crippen molar-refractivity contribution in [3.8, 4) is 0 Å². The summed E-state index contributed by atoms with van der Waals surface area (Å²) in [5.74, 6) is -0.944. The Morgan fingerprint density at radius 3 is 0.759 bits per heavy atom. The molecule has 6 heteroatoms. The van der Waals surface area contributed by atoms with Gasteiger partial charge in [-0.2, -0.15) is 0 Å². The summed E-state index contributed by atoms with van der Waals surface area (Å²) in [7, 11) is 0. The third-order valence-electron chi connectivity index (χ3n) is 14.0. The van der Waals surface area contributed by atoms with Crippen molar-refractivity contribution in [1.82, 2.24) is 0 Å². The number of rotatable bonds is 60. The molecule has 1 atom stereocenters. The predicted molar refractivity (Wildman–Crippen MR) is 362 cm³/mol. The van der Waals surface area contributed by atoms with Gasteiger partial charge in [-0.15, -0.1) is 0 Å². The zero-order valence-corrected chi connectivity index (χ0v) is 53.7. The standard InChI is InChI=1S/C77H124O6/c1-4-7-10-13-16-19-22-24-26-28-30-32-34-36-37-38-39-41-42-44-46-48-50-52-55-58-61-64-67-70-76(79)82-73-74(72-81-75(78)69-66-63-60-57-54-21-18-15-12-9-6-3)83-77(80)71-68-65-62-59-56-53-51-49-47-45-43-40-35-33-31-29-27-25-23-20-17-14-11-8-5-2/h7-8,10-11,15-20,24-27,30-33,36-37,40,43,47,49,53,56,74H,4-6,9,12-14,21-23,28-29,34-35,38-39,41-42,44-46,48,50-52,54-55,57-73H2,1-3H3/b10-7-,11-8-,18-15-,19-16-,20-17-,26-24-,27-25-,32-30-,33-31-,37-36-,43-40-,49-47-,56-53-. The predicted octanol–water partition coefficient (Wildman–Crippen LogP) is 23.7. The molecule has 0 aliphatic rings. The van der Waals surface area contributed by atoms with Gasteiger partial charge in [0, 0.05) is 19.3 Å². The van der Waals surface area contributed by atoms with Gasteiger partial charge in [0.25, 0.3) is 0 Å². The third kappa shape index (κ3) is 67.7. The van der Waals surface area contributed by atoms with E-state index in [2.05, 4.69) is 179 Å². The van der Waals surface area contributed by atoms with Crippen LogP contribution < -0.4 is 0 Å². The topological polar surface area (TPSA) is 78.9 Å². The average Bonchev–Trinajstić information content (AvgIpc) is 3.48. The molecule has 0 radical (unpaired) electrons. The van der Waals surface area contributed by atoms with Gasteiger partial charge in [0.05, 0.1) is 0 Å². The average molecular weight is 1150 g/mol. The highest BCUT2D eigenvalue weighted by Crippen LogP contribution is 2.16. The van der Waals surface area contributed by atoms with Gasteiger partial charge in [-0.05, 0) is 141 Å². The lowest BCUT2D eigenvalue weighted by Crippen LogP contribution is -2.30. The van der Waals surface area contributed by atoms with Crippen molar-refractivity contribution >= 4 is 17.9 Å². The molecule has 0 N–H and O–H groups in total. The molecule has 0 saturated heterocycles. The summed E-state index contributed by atoms with van der Waals surface area (Å²) < 4.78 is 16.9. The van der Waals surface area contributed by atoms with Gasteiger partial charge in [-0.25, -0.2) is 0 Å². The molecule has 0 fully saturated rings. The van der Waals surface area contributed by atoms with Crippen LogP contribution in [0.5, 0.6) is 0 Å². The lowest BCUT2D eigenvalue weighted by molar-refractivity contribution is -0.167. The Kier molecular flexibility index (Phi) is 65.4. The molecular formula is C77H124O6. The highest BCUT2D eigenvalue weighted by atomic mass is 16.6. The van der Waals surface area contributed by atoms with Gasteiger partial charge in [0.1, 0.15) is 13.2 Å². The molecule has 0 aliphatic carbocycles. The zero-order valence-electron chi connectivity index (χ0n) is 53.7. The smallest absolute Gasteiger partial charge is 0.306 e. The summed E-state index contributed by atoms with van der Waals surface area (Å²) in [5, 5.41) is 0. The highest BCUT2D eigenvalue weighted by Gasteiger charge is 2.19. The first kappa shape index (κ1) is 78.0. The van der Waals surface area contributed by atoms with Gasteiger partial charge in [-0.1, -0.05) is 288 Å². The van der Waals surface area contributed by atoms with Crippen LogP contribution in [0.3, 0.4) is 0 Å². The quantitative estimate of drug-likeness (QED) is 0.0261. The minimum Gasteiger partial charge on any atom is -0.462 e. The fraction of sp³-hybridized carbons (Fsp3) is 0.623. The monoisotopic (exact) mass is 1140 g/mol. The van der Waals surface area contributed by atoms with Crippen molar-refractivity contribution in [2.45, 2.75) is 297 Å². The van der Waals surface area contributed by atoms with Gasteiger partial charge < -0.3 is 14.2 Å². The molecule has 1 unspecified atom stereocenters. The minimum atomic E-state index is -0.807. The normalized spacial score (nSPS) is 13.1. The van der Waals surface area contributed by atoms with Crippen LogP contribution in [-0.2, 0) is 28.6 Å². The van der Waals surface area contributed by atoms with E-state index in [-0.39, 0.29) is 37.5 Å². The SMILES string of the molecule is CC/C=C\C/C=C\C/C=C\C/C=C\C/C=C\C/C=C\C/C=C\CCCCCC(=O)OC(COC(=O)CCCCCCC/C=C\CCCC)COC(=O)CCCCCCCCCCCCCCC/C=C\C/C=C\C/C=C\C/C=C\C/C=C\CC. The molecule has 0 bridgehead atoms. The molecule has 6 nitrogen and oxygen atoms in total. The lowest BCUT2D eigenvalue weighted by Gasteiger charge is -2.18. The Morgan fingerprint density at radius 2 is 0.470 bits per heavy atom. The second-order valence-electron chi connectivity index (χ2n) is 22.0. The van der Waals surface area contributed by atoms with Crippen molar-refractivity contribution in [3.05, 3.63) is 158 Å². The summed E-state index contributed by atoms with van der Waals surface area (Å²) in [6, 6.07) is 0. The second-order valence-corrected chi connectivity index (χ2v) is 22.0. The number of unbranched alkanes of at least 4 members (excludes halogenated alkanes) is 23. The number of hydrogen-bond donors (Lipinski definition) is 0. The van der Waals surface area contributed by atoms with Crippen LogP contribution in [0.4, 0.5) is 0 Å². The molecule has 0 amide bonds. The molecule has 0 aliphatic heterocycles. The molecule has 0 saturated carbocycles. The molecule has 0 aromatic carbocycles. The van der Waals surface area contributed by atoms with E-state index < -0.39 is 6.10 Å². The second kappa shape index (κ2) is 69.5. The van der Waals surface area contributed by atoms with E-state index in [1.807, 2.05) is 0 Å². The molecule has 0 heterocycles. The number of carbonyl (C=O) groups is 3. The molecule has 0 aromatic heterocycles. The van der Waals surface area contributed by atoms with Gasteiger partial charge >= 0.3 is 17.9 Å². The summed E-state index contributed by atoms with van der Waals surface area (Å²) >= 11 is 0. The van der Waals surface area contributed by atoms with Crippen molar-refractivity contribution in [3.63, 3.8) is 0 Å². The molecule has 0 aromatic rings. The largest absolute Gasteiger partial charge is 0.462 e. The Balaban J connectivity index is 4.33. The Labute approximate surface area is 511 Å². The van der Waals surface area contributed by atoms with Gasteiger partial charge in [0.15, 0.2) is 6.10 Å². The van der Waals surface area contributed by atoms with E-state index in [9.17, 15) is 14.4 Å². The molecular weight excluding hydrogens is 1020 g/mol. The van der Waals surface area contributed by atoms with Crippen LogP contribution in [0.1, 0.15) is 290 Å². The van der Waals surface area contributed by atoms with Crippen LogP contribution in [-0.4, -0.2) is 37.2 Å². The zero-order chi connectivity index (χ0) is 59.9. The summed E-state index contributed by atoms with van der Waals surface area (Å²) in [6.07, 6.45) is 101. The fourth-order valence-electron chi connectivity index (χ4n) is 8.96. The van der Waals surface area contributed by atoms with Crippen molar-refractivity contribution < 1.29 is 28.6 Å². The van der Waals surface area contributed by atoms with Gasteiger partial charge in [0.2, 0.25) is 0 Å². The van der Waals surface area contributed by atoms with E-state index in [1.54, 1.807) is 0 Å². The number of allylic oxidation sites excluding steroid dienone is 26.